The number of aryl methyl sites for hydroxylation is 1. The monoisotopic (exact) mass is 319 g/mol. The summed E-state index contributed by atoms with van der Waals surface area (Å²) in [4.78, 5) is 21.3. The minimum atomic E-state index is -0.501. The fourth-order valence-corrected chi connectivity index (χ4v) is 2.55. The second-order valence-corrected chi connectivity index (χ2v) is 5.47. The highest BCUT2D eigenvalue weighted by Crippen LogP contribution is 2.30. The molecule has 1 amide bonds. The maximum Gasteiger partial charge on any atom is 0.299 e. The topological polar surface area (TPSA) is 88.2 Å². The summed E-state index contributed by atoms with van der Waals surface area (Å²) >= 11 is 0. The zero-order chi connectivity index (χ0) is 16.7. The van der Waals surface area contributed by atoms with Crippen molar-refractivity contribution in [2.75, 3.05) is 5.32 Å². The molecule has 24 heavy (non-hydrogen) atoms. The van der Waals surface area contributed by atoms with E-state index in [2.05, 4.69) is 15.3 Å². The van der Waals surface area contributed by atoms with Crippen molar-refractivity contribution in [1.29, 1.82) is 0 Å². The molecule has 2 aromatic carbocycles. The number of rotatable bonds is 2. The Bertz CT molecular complexity index is 1070. The molecule has 0 fully saturated rings. The van der Waals surface area contributed by atoms with Gasteiger partial charge in [0, 0.05) is 5.69 Å². The average molecular weight is 319 g/mol. The molecule has 0 atom stereocenters. The summed E-state index contributed by atoms with van der Waals surface area (Å²) in [6, 6.07) is 14.6. The smallest absolute Gasteiger partial charge is 0.299 e. The molecule has 0 saturated carbocycles. The number of aromatic hydroxyl groups is 1. The first-order chi connectivity index (χ1) is 11.6. The van der Waals surface area contributed by atoms with E-state index in [1.165, 1.54) is 0 Å². The summed E-state index contributed by atoms with van der Waals surface area (Å²) in [7, 11) is 0. The minimum Gasteiger partial charge on any atom is -0.480 e. The summed E-state index contributed by atoms with van der Waals surface area (Å²) in [6.07, 6.45) is 0. The molecular weight excluding hydrogens is 306 g/mol. The van der Waals surface area contributed by atoms with Gasteiger partial charge in [0.25, 0.3) is 17.6 Å². The molecule has 4 rings (SSSR count). The Labute approximate surface area is 136 Å². The third kappa shape index (κ3) is 2.34. The van der Waals surface area contributed by atoms with Crippen LogP contribution in [0.25, 0.3) is 22.3 Å². The number of fused-ring (bicyclic) bond motifs is 2. The van der Waals surface area contributed by atoms with Crippen LogP contribution >= 0.6 is 0 Å². The number of amides is 1. The van der Waals surface area contributed by atoms with Gasteiger partial charge in [0.15, 0.2) is 5.56 Å². The highest BCUT2D eigenvalue weighted by Gasteiger charge is 2.23. The van der Waals surface area contributed by atoms with Crippen LogP contribution in [-0.2, 0) is 0 Å². The van der Waals surface area contributed by atoms with Crippen molar-refractivity contribution in [3.05, 3.63) is 59.7 Å². The zero-order valence-corrected chi connectivity index (χ0v) is 12.8. The van der Waals surface area contributed by atoms with Crippen LogP contribution in [0.5, 0.6) is 5.95 Å². The van der Waals surface area contributed by atoms with Crippen molar-refractivity contribution in [3.8, 4) is 5.95 Å². The maximum absolute atomic E-state index is 12.5. The van der Waals surface area contributed by atoms with Crippen molar-refractivity contribution in [3.63, 3.8) is 0 Å². The van der Waals surface area contributed by atoms with E-state index in [4.69, 9.17) is 4.42 Å². The summed E-state index contributed by atoms with van der Waals surface area (Å²) in [5.74, 6) is -0.996. The lowest BCUT2D eigenvalue weighted by atomic mass is 10.2. The van der Waals surface area contributed by atoms with Crippen LogP contribution < -0.4 is 5.32 Å². The van der Waals surface area contributed by atoms with Gasteiger partial charge in [-0.15, -0.1) is 0 Å². The summed E-state index contributed by atoms with van der Waals surface area (Å²) in [6.45, 7) is 1.95. The number of hydrogen-bond donors (Lipinski definition) is 2. The average Bonchev–Trinajstić information content (AvgIpc) is 2.88. The summed E-state index contributed by atoms with van der Waals surface area (Å²) in [5, 5.41) is 12.7. The van der Waals surface area contributed by atoms with E-state index < -0.39 is 11.9 Å². The second-order valence-electron chi connectivity index (χ2n) is 5.47. The SMILES string of the molecule is Cc1ccc2nc3oc(O)c(C(=O)Nc4ccccc4)c3nc2c1. The van der Waals surface area contributed by atoms with Gasteiger partial charge < -0.3 is 14.8 Å². The van der Waals surface area contributed by atoms with Crippen molar-refractivity contribution in [1.82, 2.24) is 9.97 Å². The van der Waals surface area contributed by atoms with Gasteiger partial charge in [-0.2, -0.15) is 0 Å². The Hall–Kier alpha value is -3.41. The van der Waals surface area contributed by atoms with Gasteiger partial charge in [-0.3, -0.25) is 4.79 Å². The fraction of sp³-hybridized carbons (Fsp3) is 0.0556. The Morgan fingerprint density at radius 2 is 1.88 bits per heavy atom. The van der Waals surface area contributed by atoms with E-state index in [0.717, 1.165) is 5.56 Å². The van der Waals surface area contributed by atoms with E-state index in [1.807, 2.05) is 31.2 Å². The molecule has 2 aromatic heterocycles. The fourth-order valence-electron chi connectivity index (χ4n) is 2.55. The van der Waals surface area contributed by atoms with Crippen LogP contribution in [0.4, 0.5) is 5.69 Å². The molecule has 0 aliphatic rings. The van der Waals surface area contributed by atoms with Crippen molar-refractivity contribution in [2.24, 2.45) is 0 Å². The maximum atomic E-state index is 12.5. The predicted molar refractivity (Wildman–Crippen MR) is 90.1 cm³/mol. The molecule has 4 aromatic rings. The third-order valence-electron chi connectivity index (χ3n) is 3.69. The quantitative estimate of drug-likeness (QED) is 0.589. The van der Waals surface area contributed by atoms with E-state index in [0.29, 0.717) is 16.7 Å². The molecule has 0 bridgehead atoms. The Kier molecular flexibility index (Phi) is 3.16. The molecule has 6 nitrogen and oxygen atoms in total. The molecule has 0 unspecified atom stereocenters. The van der Waals surface area contributed by atoms with E-state index in [9.17, 15) is 9.90 Å². The molecule has 6 heteroatoms. The number of carbonyl (C=O) groups excluding carboxylic acids is 1. The van der Waals surface area contributed by atoms with Gasteiger partial charge in [0.2, 0.25) is 0 Å². The van der Waals surface area contributed by atoms with E-state index in [-0.39, 0.29) is 16.8 Å². The normalized spacial score (nSPS) is 11.0. The standard InChI is InChI=1S/C18H13N3O3/c1-10-7-8-12-13(9-10)20-15-14(18(23)24-17(15)21-12)16(22)19-11-5-3-2-4-6-11/h2-9,23H,1H3,(H,19,22). The van der Waals surface area contributed by atoms with Gasteiger partial charge in [-0.1, -0.05) is 24.3 Å². The molecule has 0 saturated heterocycles. The van der Waals surface area contributed by atoms with Crippen LogP contribution in [0, 0.1) is 6.92 Å². The van der Waals surface area contributed by atoms with Crippen LogP contribution in [0.2, 0.25) is 0 Å². The first kappa shape index (κ1) is 14.2. The number of anilines is 1. The number of furan rings is 1. The van der Waals surface area contributed by atoms with E-state index in [1.54, 1.807) is 24.3 Å². The molecular formula is C18H13N3O3. The molecule has 0 radical (unpaired) electrons. The summed E-state index contributed by atoms with van der Waals surface area (Å²) < 4.78 is 5.22. The van der Waals surface area contributed by atoms with Gasteiger partial charge in [-0.25, -0.2) is 9.97 Å². The number of nitrogens with one attached hydrogen (secondary N) is 1. The van der Waals surface area contributed by atoms with Gasteiger partial charge in [-0.05, 0) is 36.8 Å². The minimum absolute atomic E-state index is 0.0234. The van der Waals surface area contributed by atoms with Crippen molar-refractivity contribution < 1.29 is 14.3 Å². The largest absolute Gasteiger partial charge is 0.480 e. The van der Waals surface area contributed by atoms with Gasteiger partial charge in [0.1, 0.15) is 5.52 Å². The first-order valence-electron chi connectivity index (χ1n) is 7.38. The lowest BCUT2D eigenvalue weighted by molar-refractivity contribution is 0.102. The highest BCUT2D eigenvalue weighted by atomic mass is 16.5. The lowest BCUT2D eigenvalue weighted by Crippen LogP contribution is -2.11. The van der Waals surface area contributed by atoms with Crippen LogP contribution in [0.3, 0.4) is 0 Å². The number of aromatic nitrogens is 2. The molecule has 2 heterocycles. The predicted octanol–water partition coefficient (Wildman–Crippen LogP) is 3.64. The molecule has 0 aliphatic heterocycles. The molecule has 0 aliphatic carbocycles. The van der Waals surface area contributed by atoms with E-state index >= 15 is 0 Å². The number of para-hydroxylation sites is 1. The Balaban J connectivity index is 1.85. The summed E-state index contributed by atoms with van der Waals surface area (Å²) in [5.41, 5.74) is 3.25. The number of nitrogens with zero attached hydrogens (tertiary/aromatic N) is 2. The van der Waals surface area contributed by atoms with Crippen molar-refractivity contribution in [2.45, 2.75) is 6.92 Å². The first-order valence-corrected chi connectivity index (χ1v) is 7.38. The highest BCUT2D eigenvalue weighted by molar-refractivity contribution is 6.13. The Morgan fingerprint density at radius 1 is 1.08 bits per heavy atom. The van der Waals surface area contributed by atoms with Crippen LogP contribution in [0.15, 0.2) is 52.9 Å². The Morgan fingerprint density at radius 3 is 2.67 bits per heavy atom. The second kappa shape index (κ2) is 5.34. The molecule has 0 spiro atoms. The van der Waals surface area contributed by atoms with Gasteiger partial charge in [0.05, 0.1) is 11.0 Å². The third-order valence-corrected chi connectivity index (χ3v) is 3.69. The number of carbonyl (C=O) groups is 1. The van der Waals surface area contributed by atoms with Crippen molar-refractivity contribution >= 4 is 33.9 Å². The number of hydrogen-bond acceptors (Lipinski definition) is 5. The van der Waals surface area contributed by atoms with Crippen LogP contribution in [0.1, 0.15) is 15.9 Å². The molecule has 118 valence electrons. The zero-order valence-electron chi connectivity index (χ0n) is 12.8. The number of benzene rings is 2. The lowest BCUT2D eigenvalue weighted by Gasteiger charge is -2.03. The molecule has 2 N–H and O–H groups in total. The van der Waals surface area contributed by atoms with Gasteiger partial charge >= 0.3 is 0 Å². The van der Waals surface area contributed by atoms with Crippen LogP contribution in [-0.4, -0.2) is 21.0 Å².